The summed E-state index contributed by atoms with van der Waals surface area (Å²) in [5.74, 6) is 0. The maximum absolute atomic E-state index is 4.38. The maximum atomic E-state index is 4.38. The van der Waals surface area contributed by atoms with Gasteiger partial charge in [-0.2, -0.15) is 0 Å². The number of hydrogen-bond donors (Lipinski definition) is 0. The van der Waals surface area contributed by atoms with E-state index in [0.29, 0.717) is 0 Å². The van der Waals surface area contributed by atoms with E-state index in [1.165, 1.54) is 30.5 Å². The first-order valence-corrected chi connectivity index (χ1v) is 5.16. The van der Waals surface area contributed by atoms with Gasteiger partial charge in [0.05, 0.1) is 0 Å². The summed E-state index contributed by atoms with van der Waals surface area (Å²) in [5, 5.41) is 0. The molecule has 1 aromatic rings. The van der Waals surface area contributed by atoms with Crippen LogP contribution in [0.25, 0.3) is 0 Å². The summed E-state index contributed by atoms with van der Waals surface area (Å²) in [6.07, 6.45) is 8.12. The maximum Gasteiger partial charge on any atom is 0.196 e. The molecule has 0 fully saturated rings. The number of aryl methyl sites for hydroxylation is 2. The van der Waals surface area contributed by atoms with E-state index in [0.717, 1.165) is 17.6 Å². The molecule has 0 N–H and O–H groups in total. The van der Waals surface area contributed by atoms with Crippen LogP contribution >= 0.6 is 15.9 Å². The Morgan fingerprint density at radius 3 is 2.92 bits per heavy atom. The molecule has 0 unspecified atom stereocenters. The molecule has 0 amide bonds. The number of nitrogens with zero attached hydrogens (tertiary/aromatic N) is 2. The van der Waals surface area contributed by atoms with Gasteiger partial charge in [0.25, 0.3) is 0 Å². The fourth-order valence-electron chi connectivity index (χ4n) is 1.63. The monoisotopic (exact) mass is 226 g/mol. The van der Waals surface area contributed by atoms with Gasteiger partial charge < -0.3 is 0 Å². The van der Waals surface area contributed by atoms with Crippen LogP contribution in [-0.2, 0) is 12.8 Å². The van der Waals surface area contributed by atoms with Crippen LogP contribution in [0.4, 0.5) is 0 Å². The SMILES string of the molecule is Brc1ncc2c(n1)CCCCC2. The van der Waals surface area contributed by atoms with Crippen LogP contribution in [0.1, 0.15) is 30.5 Å². The van der Waals surface area contributed by atoms with Gasteiger partial charge in [-0.25, -0.2) is 9.97 Å². The molecular formula is C9H11BrN2. The molecule has 1 aliphatic carbocycles. The third-order valence-corrected chi connectivity index (χ3v) is 2.67. The largest absolute Gasteiger partial charge is 0.230 e. The van der Waals surface area contributed by atoms with E-state index in [1.807, 2.05) is 6.20 Å². The summed E-state index contributed by atoms with van der Waals surface area (Å²) in [4.78, 5) is 8.52. The molecule has 0 aromatic carbocycles. The fraction of sp³-hybridized carbons (Fsp3) is 0.556. The summed E-state index contributed by atoms with van der Waals surface area (Å²) in [7, 11) is 0. The molecular weight excluding hydrogens is 216 g/mol. The Kier molecular flexibility index (Phi) is 2.40. The molecule has 0 bridgehead atoms. The normalized spacial score (nSPS) is 16.8. The van der Waals surface area contributed by atoms with Crippen LogP contribution in [0.15, 0.2) is 10.9 Å². The summed E-state index contributed by atoms with van der Waals surface area (Å²) in [5.41, 5.74) is 2.59. The second-order valence-corrected chi connectivity index (χ2v) is 3.88. The van der Waals surface area contributed by atoms with Gasteiger partial charge in [0, 0.05) is 11.9 Å². The minimum Gasteiger partial charge on any atom is -0.230 e. The van der Waals surface area contributed by atoms with Crippen molar-refractivity contribution in [1.29, 1.82) is 0 Å². The third-order valence-electron chi connectivity index (χ3n) is 2.28. The van der Waals surface area contributed by atoms with Crippen molar-refractivity contribution in [3.8, 4) is 0 Å². The lowest BCUT2D eigenvalue weighted by atomic mass is 10.1. The molecule has 2 nitrogen and oxygen atoms in total. The number of aromatic nitrogens is 2. The highest BCUT2D eigenvalue weighted by molar-refractivity contribution is 9.10. The van der Waals surface area contributed by atoms with Gasteiger partial charge in [-0.15, -0.1) is 0 Å². The van der Waals surface area contributed by atoms with Gasteiger partial charge >= 0.3 is 0 Å². The smallest absolute Gasteiger partial charge is 0.196 e. The van der Waals surface area contributed by atoms with Crippen molar-refractivity contribution in [1.82, 2.24) is 9.97 Å². The van der Waals surface area contributed by atoms with E-state index in [1.54, 1.807) is 0 Å². The number of hydrogen-bond acceptors (Lipinski definition) is 2. The Balaban J connectivity index is 2.36. The lowest BCUT2D eigenvalue weighted by molar-refractivity contribution is 0.708. The molecule has 0 aliphatic heterocycles. The number of rotatable bonds is 0. The lowest BCUT2D eigenvalue weighted by Gasteiger charge is -2.02. The lowest BCUT2D eigenvalue weighted by Crippen LogP contribution is -1.97. The van der Waals surface area contributed by atoms with E-state index < -0.39 is 0 Å². The second-order valence-electron chi connectivity index (χ2n) is 3.17. The van der Waals surface area contributed by atoms with Gasteiger partial charge in [-0.1, -0.05) is 6.42 Å². The van der Waals surface area contributed by atoms with Crippen LogP contribution in [-0.4, -0.2) is 9.97 Å². The quantitative estimate of drug-likeness (QED) is 0.502. The molecule has 1 aromatic heterocycles. The van der Waals surface area contributed by atoms with E-state index in [-0.39, 0.29) is 0 Å². The fourth-order valence-corrected chi connectivity index (χ4v) is 1.94. The average molecular weight is 227 g/mol. The zero-order valence-corrected chi connectivity index (χ0v) is 8.47. The van der Waals surface area contributed by atoms with Crippen LogP contribution in [0, 0.1) is 0 Å². The Morgan fingerprint density at radius 2 is 2.00 bits per heavy atom. The summed E-state index contributed by atoms with van der Waals surface area (Å²) >= 11 is 3.29. The van der Waals surface area contributed by atoms with Crippen molar-refractivity contribution in [2.45, 2.75) is 32.1 Å². The molecule has 0 saturated heterocycles. The highest BCUT2D eigenvalue weighted by Gasteiger charge is 2.09. The standard InChI is InChI=1S/C9H11BrN2/c10-9-11-6-7-4-2-1-3-5-8(7)12-9/h6H,1-5H2. The van der Waals surface area contributed by atoms with Crippen molar-refractivity contribution >= 4 is 15.9 Å². The Labute approximate surface area is 80.6 Å². The van der Waals surface area contributed by atoms with Gasteiger partial charge in [-0.3, -0.25) is 0 Å². The predicted molar refractivity (Wildman–Crippen MR) is 51.0 cm³/mol. The third kappa shape index (κ3) is 1.66. The van der Waals surface area contributed by atoms with Crippen LogP contribution in [0.5, 0.6) is 0 Å². The predicted octanol–water partition coefficient (Wildman–Crippen LogP) is 2.51. The van der Waals surface area contributed by atoms with Crippen molar-refractivity contribution in [2.75, 3.05) is 0 Å². The Morgan fingerprint density at radius 1 is 1.17 bits per heavy atom. The second kappa shape index (κ2) is 3.52. The summed E-state index contributed by atoms with van der Waals surface area (Å²) in [6, 6.07) is 0. The Hall–Kier alpha value is -0.440. The van der Waals surface area contributed by atoms with Crippen LogP contribution < -0.4 is 0 Å². The topological polar surface area (TPSA) is 25.8 Å². The van der Waals surface area contributed by atoms with Crippen LogP contribution in [0.2, 0.25) is 0 Å². The van der Waals surface area contributed by atoms with E-state index in [2.05, 4.69) is 25.9 Å². The van der Waals surface area contributed by atoms with E-state index in [4.69, 9.17) is 0 Å². The molecule has 0 radical (unpaired) electrons. The highest BCUT2D eigenvalue weighted by atomic mass is 79.9. The summed E-state index contributed by atoms with van der Waals surface area (Å²) in [6.45, 7) is 0. The molecule has 3 heteroatoms. The summed E-state index contributed by atoms with van der Waals surface area (Å²) < 4.78 is 0.725. The minimum absolute atomic E-state index is 0.725. The molecule has 0 saturated carbocycles. The zero-order chi connectivity index (χ0) is 8.39. The van der Waals surface area contributed by atoms with Crippen molar-refractivity contribution < 1.29 is 0 Å². The Bertz CT molecular complexity index is 286. The van der Waals surface area contributed by atoms with E-state index in [9.17, 15) is 0 Å². The number of halogens is 1. The molecule has 12 heavy (non-hydrogen) atoms. The number of fused-ring (bicyclic) bond motifs is 1. The minimum atomic E-state index is 0.725. The van der Waals surface area contributed by atoms with Gasteiger partial charge in [-0.05, 0) is 47.2 Å². The molecule has 1 heterocycles. The molecule has 0 spiro atoms. The zero-order valence-electron chi connectivity index (χ0n) is 6.89. The first kappa shape index (κ1) is 8.17. The molecule has 2 rings (SSSR count). The van der Waals surface area contributed by atoms with Gasteiger partial charge in [0.15, 0.2) is 4.73 Å². The first-order chi connectivity index (χ1) is 5.86. The van der Waals surface area contributed by atoms with Crippen molar-refractivity contribution in [2.24, 2.45) is 0 Å². The van der Waals surface area contributed by atoms with Crippen LogP contribution in [0.3, 0.4) is 0 Å². The van der Waals surface area contributed by atoms with Gasteiger partial charge in [0.2, 0.25) is 0 Å². The van der Waals surface area contributed by atoms with Gasteiger partial charge in [0.1, 0.15) is 0 Å². The molecule has 64 valence electrons. The average Bonchev–Trinajstić information content (AvgIpc) is 2.28. The van der Waals surface area contributed by atoms with E-state index >= 15 is 0 Å². The first-order valence-electron chi connectivity index (χ1n) is 4.36. The van der Waals surface area contributed by atoms with Crippen molar-refractivity contribution in [3.63, 3.8) is 0 Å². The highest BCUT2D eigenvalue weighted by Crippen LogP contribution is 2.18. The molecule has 1 aliphatic rings. The molecule has 0 atom stereocenters. The van der Waals surface area contributed by atoms with Crippen molar-refractivity contribution in [3.05, 3.63) is 22.2 Å².